The monoisotopic (exact) mass is 368 g/mol. The van der Waals surface area contributed by atoms with Crippen molar-refractivity contribution in [2.45, 2.75) is 39.9 Å². The summed E-state index contributed by atoms with van der Waals surface area (Å²) < 4.78 is 2.03. The summed E-state index contributed by atoms with van der Waals surface area (Å²) in [5.74, 6) is 0.234. The highest BCUT2D eigenvalue weighted by Crippen LogP contribution is 2.26. The van der Waals surface area contributed by atoms with Crippen LogP contribution in [0.4, 0.5) is 4.79 Å². The van der Waals surface area contributed by atoms with E-state index in [0.717, 1.165) is 17.8 Å². The standard InChI is InChI=1S/C19H24N6O2/c1-12(2)10-25-11-21-8-15(25)9-22-18(26)16-13(3)23-19(27)24-17(16)14-5-4-6-20-7-14/h4-8,11-12,17H,9-10H2,1-3H3,(H,22,26)(H2,23,24,27)/t17-/m1/s1. The Morgan fingerprint density at radius 3 is 2.85 bits per heavy atom. The number of urea groups is 1. The van der Waals surface area contributed by atoms with Gasteiger partial charge in [0.05, 0.1) is 30.2 Å². The Labute approximate surface area is 158 Å². The van der Waals surface area contributed by atoms with E-state index in [9.17, 15) is 9.59 Å². The van der Waals surface area contributed by atoms with Gasteiger partial charge in [0.25, 0.3) is 5.91 Å². The van der Waals surface area contributed by atoms with E-state index in [-0.39, 0.29) is 11.9 Å². The fraction of sp³-hybridized carbons (Fsp3) is 0.368. The van der Waals surface area contributed by atoms with Crippen LogP contribution in [-0.2, 0) is 17.9 Å². The van der Waals surface area contributed by atoms with Crippen LogP contribution in [0.3, 0.4) is 0 Å². The van der Waals surface area contributed by atoms with E-state index in [1.807, 2.05) is 10.6 Å². The molecule has 27 heavy (non-hydrogen) atoms. The number of pyridine rings is 1. The molecule has 0 saturated carbocycles. The van der Waals surface area contributed by atoms with Gasteiger partial charge in [-0.05, 0) is 24.5 Å². The van der Waals surface area contributed by atoms with E-state index < -0.39 is 6.04 Å². The van der Waals surface area contributed by atoms with Crippen LogP contribution in [0.2, 0.25) is 0 Å². The lowest BCUT2D eigenvalue weighted by molar-refractivity contribution is -0.118. The molecule has 0 spiro atoms. The van der Waals surface area contributed by atoms with Crippen LogP contribution in [0.15, 0.2) is 48.3 Å². The summed E-state index contributed by atoms with van der Waals surface area (Å²) in [6.45, 7) is 7.18. The highest BCUT2D eigenvalue weighted by atomic mass is 16.2. The Morgan fingerprint density at radius 2 is 2.15 bits per heavy atom. The number of carbonyl (C=O) groups excluding carboxylic acids is 2. The minimum Gasteiger partial charge on any atom is -0.347 e. The molecule has 0 unspecified atom stereocenters. The fourth-order valence-corrected chi connectivity index (χ4v) is 3.11. The average molecular weight is 368 g/mol. The molecule has 3 heterocycles. The van der Waals surface area contributed by atoms with Crippen molar-refractivity contribution in [3.8, 4) is 0 Å². The molecule has 0 aliphatic carbocycles. The third kappa shape index (κ3) is 4.33. The van der Waals surface area contributed by atoms with Crippen molar-refractivity contribution in [1.82, 2.24) is 30.5 Å². The van der Waals surface area contributed by atoms with Gasteiger partial charge in [-0.2, -0.15) is 0 Å². The molecule has 8 heteroatoms. The second-order valence-corrected chi connectivity index (χ2v) is 6.97. The van der Waals surface area contributed by atoms with E-state index >= 15 is 0 Å². The maximum Gasteiger partial charge on any atom is 0.319 e. The summed E-state index contributed by atoms with van der Waals surface area (Å²) in [4.78, 5) is 33.1. The van der Waals surface area contributed by atoms with Crippen LogP contribution in [0.5, 0.6) is 0 Å². The van der Waals surface area contributed by atoms with Gasteiger partial charge in [-0.25, -0.2) is 9.78 Å². The first-order valence-electron chi connectivity index (χ1n) is 8.91. The smallest absolute Gasteiger partial charge is 0.319 e. The molecular weight excluding hydrogens is 344 g/mol. The first-order chi connectivity index (χ1) is 13.0. The molecule has 0 aromatic carbocycles. The molecule has 3 N–H and O–H groups in total. The maximum atomic E-state index is 12.9. The molecule has 1 atom stereocenters. The van der Waals surface area contributed by atoms with Gasteiger partial charge >= 0.3 is 6.03 Å². The molecule has 142 valence electrons. The van der Waals surface area contributed by atoms with Crippen molar-refractivity contribution in [3.05, 3.63) is 59.6 Å². The average Bonchev–Trinajstić information content (AvgIpc) is 3.06. The third-order valence-corrected chi connectivity index (χ3v) is 4.32. The molecule has 0 fully saturated rings. The van der Waals surface area contributed by atoms with Gasteiger partial charge in [-0.1, -0.05) is 19.9 Å². The number of aromatic nitrogens is 3. The number of hydrogen-bond acceptors (Lipinski definition) is 4. The predicted molar refractivity (Wildman–Crippen MR) is 100 cm³/mol. The molecule has 3 rings (SSSR count). The van der Waals surface area contributed by atoms with Gasteiger partial charge in [0.2, 0.25) is 0 Å². The first kappa shape index (κ1) is 18.6. The Kier molecular flexibility index (Phi) is 5.54. The second-order valence-electron chi connectivity index (χ2n) is 6.97. The van der Waals surface area contributed by atoms with Gasteiger partial charge in [-0.3, -0.25) is 9.78 Å². The molecule has 2 aromatic heterocycles. The molecule has 1 aliphatic heterocycles. The summed E-state index contributed by atoms with van der Waals surface area (Å²) in [6, 6.07) is 2.72. The number of carbonyl (C=O) groups is 2. The number of allylic oxidation sites excluding steroid dienone is 1. The number of rotatable bonds is 6. The SMILES string of the molecule is CC1=C(C(=O)NCc2cncn2CC(C)C)[C@@H](c2cccnc2)NC(=O)N1. The highest BCUT2D eigenvalue weighted by molar-refractivity contribution is 5.98. The number of hydrogen-bond donors (Lipinski definition) is 3. The van der Waals surface area contributed by atoms with Crippen molar-refractivity contribution in [3.63, 3.8) is 0 Å². The molecule has 8 nitrogen and oxygen atoms in total. The topological polar surface area (TPSA) is 101 Å². The van der Waals surface area contributed by atoms with Crippen molar-refractivity contribution < 1.29 is 9.59 Å². The van der Waals surface area contributed by atoms with Gasteiger partial charge in [0.15, 0.2) is 0 Å². The van der Waals surface area contributed by atoms with Crippen molar-refractivity contribution in [2.24, 2.45) is 5.92 Å². The number of amides is 3. The van der Waals surface area contributed by atoms with Crippen LogP contribution in [0.1, 0.15) is 38.1 Å². The molecule has 1 aliphatic rings. The van der Waals surface area contributed by atoms with Gasteiger partial charge in [0.1, 0.15) is 0 Å². The lowest BCUT2D eigenvalue weighted by Gasteiger charge is -2.28. The van der Waals surface area contributed by atoms with Gasteiger partial charge in [0, 0.05) is 30.8 Å². The van der Waals surface area contributed by atoms with E-state index in [0.29, 0.717) is 23.7 Å². The zero-order valence-electron chi connectivity index (χ0n) is 15.7. The largest absolute Gasteiger partial charge is 0.347 e. The molecule has 2 aromatic rings. The summed E-state index contributed by atoms with van der Waals surface area (Å²) in [6.07, 6.45) is 6.82. The molecule has 0 bridgehead atoms. The summed E-state index contributed by atoms with van der Waals surface area (Å²) in [5, 5.41) is 8.41. The zero-order valence-corrected chi connectivity index (χ0v) is 15.7. The van der Waals surface area contributed by atoms with E-state index in [1.165, 1.54) is 0 Å². The normalized spacial score (nSPS) is 16.9. The molecule has 3 amide bonds. The van der Waals surface area contributed by atoms with Crippen LogP contribution < -0.4 is 16.0 Å². The van der Waals surface area contributed by atoms with Crippen LogP contribution >= 0.6 is 0 Å². The van der Waals surface area contributed by atoms with E-state index in [2.05, 4.69) is 39.8 Å². The quantitative estimate of drug-likeness (QED) is 0.725. The number of nitrogens with one attached hydrogen (secondary N) is 3. The van der Waals surface area contributed by atoms with E-state index in [1.54, 1.807) is 37.9 Å². The van der Waals surface area contributed by atoms with Gasteiger partial charge < -0.3 is 20.5 Å². The zero-order chi connectivity index (χ0) is 19.4. The van der Waals surface area contributed by atoms with E-state index in [4.69, 9.17) is 0 Å². The lowest BCUT2D eigenvalue weighted by atomic mass is 9.96. The molecule has 0 saturated heterocycles. The highest BCUT2D eigenvalue weighted by Gasteiger charge is 2.31. The minimum absolute atomic E-state index is 0.244. The Balaban J connectivity index is 1.78. The van der Waals surface area contributed by atoms with Gasteiger partial charge in [-0.15, -0.1) is 0 Å². The van der Waals surface area contributed by atoms with Crippen LogP contribution in [0, 0.1) is 5.92 Å². The minimum atomic E-state index is -0.548. The van der Waals surface area contributed by atoms with Crippen LogP contribution in [-0.4, -0.2) is 26.5 Å². The van der Waals surface area contributed by atoms with Crippen molar-refractivity contribution in [2.75, 3.05) is 0 Å². The molecular formula is C19H24N6O2. The lowest BCUT2D eigenvalue weighted by Crippen LogP contribution is -2.47. The number of nitrogens with zero attached hydrogens (tertiary/aromatic N) is 3. The predicted octanol–water partition coefficient (Wildman–Crippen LogP) is 1.88. The molecule has 0 radical (unpaired) electrons. The summed E-state index contributed by atoms with van der Waals surface area (Å²) in [5.41, 5.74) is 2.68. The summed E-state index contributed by atoms with van der Waals surface area (Å²) in [7, 11) is 0. The first-order valence-corrected chi connectivity index (χ1v) is 8.91. The summed E-state index contributed by atoms with van der Waals surface area (Å²) >= 11 is 0. The Bertz CT molecular complexity index is 856. The number of imidazole rings is 1. The Hall–Kier alpha value is -3.16. The third-order valence-electron chi connectivity index (χ3n) is 4.32. The Morgan fingerprint density at radius 1 is 1.33 bits per heavy atom. The van der Waals surface area contributed by atoms with Crippen molar-refractivity contribution >= 4 is 11.9 Å². The van der Waals surface area contributed by atoms with Crippen LogP contribution in [0.25, 0.3) is 0 Å². The fourth-order valence-electron chi connectivity index (χ4n) is 3.11. The second kappa shape index (κ2) is 8.03. The van der Waals surface area contributed by atoms with Crippen molar-refractivity contribution in [1.29, 1.82) is 0 Å². The maximum absolute atomic E-state index is 12.9.